The SMILES string of the molecule is O=C(CN1CCCCC1c1ccc(C(F)(F)F)cc1Cl)OCCC(F)=C(F)F. The van der Waals surface area contributed by atoms with Crippen LogP contribution in [0.5, 0.6) is 0 Å². The van der Waals surface area contributed by atoms with Crippen molar-refractivity contribution in [1.82, 2.24) is 4.90 Å². The first-order chi connectivity index (χ1) is 13.1. The second kappa shape index (κ2) is 9.65. The topological polar surface area (TPSA) is 29.5 Å². The predicted octanol–water partition coefficient (Wildman–Crippen LogP) is 5.90. The van der Waals surface area contributed by atoms with E-state index in [1.807, 2.05) is 0 Å². The summed E-state index contributed by atoms with van der Waals surface area (Å²) in [5.41, 5.74) is -0.395. The van der Waals surface area contributed by atoms with Crippen molar-refractivity contribution < 1.29 is 35.9 Å². The summed E-state index contributed by atoms with van der Waals surface area (Å²) < 4.78 is 79.9. The number of rotatable bonds is 6. The third kappa shape index (κ3) is 6.13. The maximum absolute atomic E-state index is 12.8. The second-order valence-corrected chi connectivity index (χ2v) is 6.76. The minimum absolute atomic E-state index is 0.0503. The Morgan fingerprint density at radius 2 is 1.93 bits per heavy atom. The molecular weight excluding hydrogens is 412 g/mol. The molecule has 3 nitrogen and oxygen atoms in total. The molecule has 0 aliphatic carbocycles. The molecule has 1 fully saturated rings. The van der Waals surface area contributed by atoms with Gasteiger partial charge in [0.1, 0.15) is 0 Å². The molecule has 0 aromatic heterocycles. The van der Waals surface area contributed by atoms with Gasteiger partial charge in [-0.3, -0.25) is 9.69 Å². The van der Waals surface area contributed by atoms with Crippen LogP contribution in [0.4, 0.5) is 26.3 Å². The van der Waals surface area contributed by atoms with E-state index in [1.165, 1.54) is 6.07 Å². The van der Waals surface area contributed by atoms with Crippen molar-refractivity contribution >= 4 is 17.6 Å². The molecule has 0 bridgehead atoms. The number of halogens is 7. The third-order valence-electron chi connectivity index (χ3n) is 4.42. The molecule has 1 atom stereocenters. The van der Waals surface area contributed by atoms with Gasteiger partial charge in [-0.1, -0.05) is 24.1 Å². The van der Waals surface area contributed by atoms with Crippen LogP contribution in [-0.4, -0.2) is 30.6 Å². The Hall–Kier alpha value is -1.74. The number of carbonyl (C=O) groups is 1. The van der Waals surface area contributed by atoms with Crippen LogP contribution >= 0.6 is 11.6 Å². The van der Waals surface area contributed by atoms with Crippen molar-refractivity contribution in [2.24, 2.45) is 0 Å². The number of carbonyl (C=O) groups excluding carboxylic acids is 1. The van der Waals surface area contributed by atoms with Crippen LogP contribution in [0.1, 0.15) is 42.9 Å². The minimum atomic E-state index is -4.51. The summed E-state index contributed by atoms with van der Waals surface area (Å²) >= 11 is 6.06. The summed E-state index contributed by atoms with van der Waals surface area (Å²) in [5, 5.41) is -0.0503. The maximum atomic E-state index is 12.8. The second-order valence-electron chi connectivity index (χ2n) is 6.35. The van der Waals surface area contributed by atoms with E-state index in [0.29, 0.717) is 18.5 Å². The van der Waals surface area contributed by atoms with Crippen LogP contribution in [0.2, 0.25) is 5.02 Å². The fourth-order valence-corrected chi connectivity index (χ4v) is 3.37. The number of esters is 1. The van der Waals surface area contributed by atoms with Crippen molar-refractivity contribution in [3.63, 3.8) is 0 Å². The number of piperidine rings is 1. The number of nitrogens with zero attached hydrogens (tertiary/aromatic N) is 1. The third-order valence-corrected chi connectivity index (χ3v) is 4.75. The summed E-state index contributed by atoms with van der Waals surface area (Å²) in [4.78, 5) is 13.6. The zero-order chi connectivity index (χ0) is 20.9. The highest BCUT2D eigenvalue weighted by Gasteiger charge is 2.33. The van der Waals surface area contributed by atoms with Gasteiger partial charge in [0.15, 0.2) is 5.83 Å². The molecule has 0 radical (unpaired) electrons. The molecule has 0 amide bonds. The van der Waals surface area contributed by atoms with Crippen LogP contribution in [0, 0.1) is 0 Å². The number of likely N-dealkylation sites (tertiary alicyclic amines) is 1. The van der Waals surface area contributed by atoms with Crippen molar-refractivity contribution in [2.45, 2.75) is 37.9 Å². The Morgan fingerprint density at radius 3 is 2.54 bits per heavy atom. The fraction of sp³-hybridized carbons (Fsp3) is 0.500. The first kappa shape index (κ1) is 22.5. The fourth-order valence-electron chi connectivity index (χ4n) is 3.07. The van der Waals surface area contributed by atoms with Gasteiger partial charge in [-0.15, -0.1) is 0 Å². The van der Waals surface area contributed by atoms with Gasteiger partial charge >= 0.3 is 18.2 Å². The lowest BCUT2D eigenvalue weighted by Gasteiger charge is -2.35. The van der Waals surface area contributed by atoms with E-state index in [9.17, 15) is 31.1 Å². The molecule has 1 aliphatic rings. The highest BCUT2D eigenvalue weighted by molar-refractivity contribution is 6.31. The van der Waals surface area contributed by atoms with E-state index in [4.69, 9.17) is 16.3 Å². The summed E-state index contributed by atoms with van der Waals surface area (Å²) in [5.74, 6) is -2.37. The molecule has 0 spiro atoms. The van der Waals surface area contributed by atoms with E-state index in [0.717, 1.165) is 25.0 Å². The molecule has 1 aliphatic heterocycles. The Labute approximate surface area is 162 Å². The molecule has 1 aromatic rings. The monoisotopic (exact) mass is 429 g/mol. The zero-order valence-electron chi connectivity index (χ0n) is 14.7. The smallest absolute Gasteiger partial charge is 0.416 e. The first-order valence-corrected chi connectivity index (χ1v) is 8.93. The zero-order valence-corrected chi connectivity index (χ0v) is 15.4. The highest BCUT2D eigenvalue weighted by Crippen LogP contribution is 2.38. The van der Waals surface area contributed by atoms with Gasteiger partial charge in [0.2, 0.25) is 0 Å². The highest BCUT2D eigenvalue weighted by atomic mass is 35.5. The molecule has 1 unspecified atom stereocenters. The Kier molecular flexibility index (Phi) is 7.77. The number of ether oxygens (including phenoxy) is 1. The van der Waals surface area contributed by atoms with E-state index in [2.05, 4.69) is 0 Å². The van der Waals surface area contributed by atoms with Gasteiger partial charge in [0.05, 0.1) is 18.7 Å². The molecule has 1 heterocycles. The molecule has 2 rings (SSSR count). The van der Waals surface area contributed by atoms with Crippen LogP contribution < -0.4 is 0 Å². The van der Waals surface area contributed by atoms with Gasteiger partial charge in [-0.2, -0.15) is 22.0 Å². The number of alkyl halides is 3. The predicted molar refractivity (Wildman–Crippen MR) is 90.5 cm³/mol. The lowest BCUT2D eigenvalue weighted by Crippen LogP contribution is -2.38. The van der Waals surface area contributed by atoms with E-state index >= 15 is 0 Å². The summed E-state index contributed by atoms with van der Waals surface area (Å²) in [6, 6.07) is 2.70. The van der Waals surface area contributed by atoms with Gasteiger partial charge < -0.3 is 4.74 Å². The molecule has 10 heteroatoms. The molecule has 0 saturated carbocycles. The lowest BCUT2D eigenvalue weighted by molar-refractivity contribution is -0.146. The average molecular weight is 430 g/mol. The van der Waals surface area contributed by atoms with E-state index in [1.54, 1.807) is 4.90 Å². The molecule has 156 valence electrons. The normalized spacial score (nSPS) is 18.0. The first-order valence-electron chi connectivity index (χ1n) is 8.55. The van der Waals surface area contributed by atoms with Crippen molar-refractivity contribution in [1.29, 1.82) is 0 Å². The largest absolute Gasteiger partial charge is 0.464 e. The summed E-state index contributed by atoms with van der Waals surface area (Å²) in [6.07, 6.45) is -5.53. The molecule has 28 heavy (non-hydrogen) atoms. The van der Waals surface area contributed by atoms with Crippen LogP contribution in [0.25, 0.3) is 0 Å². The number of hydrogen-bond acceptors (Lipinski definition) is 3. The number of benzene rings is 1. The average Bonchev–Trinajstić information content (AvgIpc) is 2.61. The Balaban J connectivity index is 2.04. The summed E-state index contributed by atoms with van der Waals surface area (Å²) in [7, 11) is 0. The molecule has 1 aromatic carbocycles. The Bertz CT molecular complexity index is 733. The molecule has 0 N–H and O–H groups in total. The van der Waals surface area contributed by atoms with Crippen LogP contribution in [-0.2, 0) is 15.7 Å². The van der Waals surface area contributed by atoms with Crippen molar-refractivity contribution in [3.8, 4) is 0 Å². The quantitative estimate of drug-likeness (QED) is 0.417. The lowest BCUT2D eigenvalue weighted by atomic mass is 9.94. The molecule has 1 saturated heterocycles. The number of hydrogen-bond donors (Lipinski definition) is 0. The van der Waals surface area contributed by atoms with E-state index < -0.39 is 42.6 Å². The van der Waals surface area contributed by atoms with Crippen molar-refractivity contribution in [2.75, 3.05) is 19.7 Å². The maximum Gasteiger partial charge on any atom is 0.416 e. The van der Waals surface area contributed by atoms with Gasteiger partial charge in [-0.05, 0) is 37.1 Å². The van der Waals surface area contributed by atoms with E-state index in [-0.39, 0.29) is 17.6 Å². The minimum Gasteiger partial charge on any atom is -0.464 e. The van der Waals surface area contributed by atoms with Crippen molar-refractivity contribution in [3.05, 3.63) is 46.3 Å². The Morgan fingerprint density at radius 1 is 1.21 bits per heavy atom. The van der Waals surface area contributed by atoms with Gasteiger partial charge in [-0.25, -0.2) is 4.39 Å². The van der Waals surface area contributed by atoms with Gasteiger partial charge in [0.25, 0.3) is 0 Å². The molecular formula is C18H18ClF6NO2. The summed E-state index contributed by atoms with van der Waals surface area (Å²) in [6.45, 7) is -0.239. The van der Waals surface area contributed by atoms with Gasteiger partial charge in [0, 0.05) is 17.5 Å². The van der Waals surface area contributed by atoms with Crippen LogP contribution in [0.15, 0.2) is 30.1 Å². The van der Waals surface area contributed by atoms with Crippen LogP contribution in [0.3, 0.4) is 0 Å². The standard InChI is InChI=1S/C18H18ClF6NO2/c19-13-9-11(18(23,24)25)4-5-12(13)15-3-1-2-7-26(15)10-16(27)28-8-6-14(20)17(21)22/h4-5,9,15H,1-3,6-8,10H2.